The summed E-state index contributed by atoms with van der Waals surface area (Å²) >= 11 is 2.27. The molecule has 4 nitrogen and oxygen atoms in total. The summed E-state index contributed by atoms with van der Waals surface area (Å²) in [5.41, 5.74) is 3.22. The molecule has 0 amide bonds. The number of methoxy groups -OCH3 is 1. The molecule has 0 unspecified atom stereocenters. The van der Waals surface area contributed by atoms with Crippen molar-refractivity contribution in [3.63, 3.8) is 0 Å². The van der Waals surface area contributed by atoms with E-state index in [9.17, 15) is 4.79 Å². The Morgan fingerprint density at radius 1 is 1.25 bits per heavy atom. The molecular weight excluding hydrogens is 415 g/mol. The van der Waals surface area contributed by atoms with Gasteiger partial charge < -0.3 is 4.74 Å². The monoisotopic (exact) mass is 430 g/mol. The maximum absolute atomic E-state index is 12.1. The Balaban J connectivity index is 2.16. The van der Waals surface area contributed by atoms with Crippen molar-refractivity contribution in [2.75, 3.05) is 7.11 Å². The molecule has 0 aliphatic carbocycles. The van der Waals surface area contributed by atoms with Gasteiger partial charge in [-0.3, -0.25) is 4.68 Å². The summed E-state index contributed by atoms with van der Waals surface area (Å²) in [4.78, 5) is 12.1. The van der Waals surface area contributed by atoms with Crippen LogP contribution in [0.5, 0.6) is 0 Å². The minimum Gasteiger partial charge on any atom is -0.465 e. The zero-order valence-electron chi connectivity index (χ0n) is 13.3. The first-order chi connectivity index (χ1) is 11.6. The second kappa shape index (κ2) is 7.05. The number of esters is 1. The Morgan fingerprint density at radius 2 is 2.00 bits per heavy atom. The summed E-state index contributed by atoms with van der Waals surface area (Å²) < 4.78 is 7.92. The van der Waals surface area contributed by atoms with Crippen LogP contribution in [0.3, 0.4) is 0 Å². The second-order valence-corrected chi connectivity index (χ2v) is 6.46. The number of ether oxygens (including phenoxy) is 1. The number of fused-ring (bicyclic) bond motifs is 1. The molecule has 0 bridgehead atoms. The standard InChI is InChI=1S/C19H15IN2O2/c1-3-4-14-7-10-16(19(23)24-2)18-17(14)11-21-22(18)12-13-5-8-15(20)9-6-13/h5-11H,12H2,1-2H3. The number of hydrogen-bond donors (Lipinski definition) is 0. The topological polar surface area (TPSA) is 44.1 Å². The van der Waals surface area contributed by atoms with E-state index in [1.165, 1.54) is 10.7 Å². The zero-order chi connectivity index (χ0) is 17.1. The van der Waals surface area contributed by atoms with Gasteiger partial charge in [0.15, 0.2) is 0 Å². The number of nitrogens with zero attached hydrogens (tertiary/aromatic N) is 2. The molecule has 0 atom stereocenters. The lowest BCUT2D eigenvalue weighted by atomic mass is 10.1. The smallest absolute Gasteiger partial charge is 0.340 e. The maximum atomic E-state index is 12.1. The van der Waals surface area contributed by atoms with Gasteiger partial charge in [-0.15, -0.1) is 5.92 Å². The quantitative estimate of drug-likeness (QED) is 0.360. The van der Waals surface area contributed by atoms with Gasteiger partial charge in [-0.2, -0.15) is 5.10 Å². The van der Waals surface area contributed by atoms with Crippen LogP contribution in [0.25, 0.3) is 10.9 Å². The van der Waals surface area contributed by atoms with Crippen molar-refractivity contribution >= 4 is 39.5 Å². The molecule has 0 saturated heterocycles. The van der Waals surface area contributed by atoms with Crippen molar-refractivity contribution in [3.8, 4) is 11.8 Å². The van der Waals surface area contributed by atoms with Gasteiger partial charge in [0, 0.05) is 14.5 Å². The number of carbonyl (C=O) groups is 1. The average Bonchev–Trinajstić information content (AvgIpc) is 3.01. The van der Waals surface area contributed by atoms with E-state index >= 15 is 0 Å². The van der Waals surface area contributed by atoms with Crippen molar-refractivity contribution in [1.29, 1.82) is 0 Å². The molecule has 3 rings (SSSR count). The van der Waals surface area contributed by atoms with Crippen LogP contribution in [0.4, 0.5) is 0 Å². The van der Waals surface area contributed by atoms with E-state index in [0.717, 1.165) is 22.0 Å². The van der Waals surface area contributed by atoms with Crippen LogP contribution in [-0.4, -0.2) is 22.9 Å². The molecule has 5 heteroatoms. The summed E-state index contributed by atoms with van der Waals surface area (Å²) in [7, 11) is 1.38. The molecule has 1 aromatic heterocycles. The van der Waals surface area contributed by atoms with E-state index in [0.29, 0.717) is 12.1 Å². The molecule has 120 valence electrons. The Morgan fingerprint density at radius 3 is 2.67 bits per heavy atom. The van der Waals surface area contributed by atoms with Crippen molar-refractivity contribution < 1.29 is 9.53 Å². The highest BCUT2D eigenvalue weighted by molar-refractivity contribution is 14.1. The van der Waals surface area contributed by atoms with Crippen LogP contribution < -0.4 is 0 Å². The van der Waals surface area contributed by atoms with Crippen LogP contribution >= 0.6 is 22.6 Å². The maximum Gasteiger partial charge on any atom is 0.340 e. The molecule has 2 aromatic carbocycles. The summed E-state index contributed by atoms with van der Waals surface area (Å²) in [5, 5.41) is 5.33. The van der Waals surface area contributed by atoms with Crippen molar-refractivity contribution in [2.24, 2.45) is 0 Å². The Hall–Kier alpha value is -2.33. The van der Waals surface area contributed by atoms with E-state index < -0.39 is 0 Å². The summed E-state index contributed by atoms with van der Waals surface area (Å²) in [6.45, 7) is 2.36. The van der Waals surface area contributed by atoms with Crippen LogP contribution in [0.2, 0.25) is 0 Å². The van der Waals surface area contributed by atoms with Gasteiger partial charge in [0.05, 0.1) is 30.9 Å². The third-order valence-electron chi connectivity index (χ3n) is 3.71. The normalized spacial score (nSPS) is 10.3. The van der Waals surface area contributed by atoms with E-state index in [1.54, 1.807) is 19.2 Å². The number of hydrogen-bond acceptors (Lipinski definition) is 3. The largest absolute Gasteiger partial charge is 0.465 e. The minimum atomic E-state index is -0.375. The Labute approximate surface area is 154 Å². The Kier molecular flexibility index (Phi) is 4.86. The molecule has 0 saturated carbocycles. The second-order valence-electron chi connectivity index (χ2n) is 5.22. The van der Waals surface area contributed by atoms with Gasteiger partial charge in [-0.1, -0.05) is 18.1 Å². The van der Waals surface area contributed by atoms with Crippen molar-refractivity contribution in [3.05, 3.63) is 62.9 Å². The molecule has 0 fully saturated rings. The minimum absolute atomic E-state index is 0.375. The fourth-order valence-electron chi connectivity index (χ4n) is 2.60. The highest BCUT2D eigenvalue weighted by Gasteiger charge is 2.17. The summed E-state index contributed by atoms with van der Waals surface area (Å²) in [6, 6.07) is 11.8. The third-order valence-corrected chi connectivity index (χ3v) is 4.43. The molecule has 0 spiro atoms. The van der Waals surface area contributed by atoms with Crippen LogP contribution in [0.1, 0.15) is 28.4 Å². The fraction of sp³-hybridized carbons (Fsp3) is 0.158. The number of aromatic nitrogens is 2. The Bertz CT molecular complexity index is 963. The summed E-state index contributed by atoms with van der Waals surface area (Å²) in [6.07, 6.45) is 1.76. The van der Waals surface area contributed by atoms with Gasteiger partial charge in [0.1, 0.15) is 0 Å². The van der Waals surface area contributed by atoms with E-state index in [-0.39, 0.29) is 5.97 Å². The lowest BCUT2D eigenvalue weighted by Crippen LogP contribution is -2.08. The molecule has 3 aromatic rings. The van der Waals surface area contributed by atoms with Gasteiger partial charge in [0.25, 0.3) is 0 Å². The van der Waals surface area contributed by atoms with Crippen molar-refractivity contribution in [1.82, 2.24) is 9.78 Å². The molecule has 24 heavy (non-hydrogen) atoms. The highest BCUT2D eigenvalue weighted by atomic mass is 127. The molecule has 0 radical (unpaired) electrons. The lowest BCUT2D eigenvalue weighted by Gasteiger charge is -2.08. The van der Waals surface area contributed by atoms with E-state index in [4.69, 9.17) is 4.74 Å². The number of benzene rings is 2. The van der Waals surface area contributed by atoms with Crippen molar-refractivity contribution in [2.45, 2.75) is 13.5 Å². The molecule has 0 aliphatic heterocycles. The van der Waals surface area contributed by atoms with Crippen LogP contribution in [0.15, 0.2) is 42.6 Å². The molecule has 0 N–H and O–H groups in total. The lowest BCUT2D eigenvalue weighted by molar-refractivity contribution is 0.0602. The van der Waals surface area contributed by atoms with Gasteiger partial charge >= 0.3 is 5.97 Å². The first kappa shape index (κ1) is 16.5. The van der Waals surface area contributed by atoms with Gasteiger partial charge in [-0.25, -0.2) is 4.79 Å². The molecule has 0 aliphatic rings. The summed E-state index contributed by atoms with van der Waals surface area (Å²) in [5.74, 6) is 5.59. The first-order valence-corrected chi connectivity index (χ1v) is 8.46. The number of carbonyl (C=O) groups excluding carboxylic acids is 1. The van der Waals surface area contributed by atoms with Gasteiger partial charge in [0.2, 0.25) is 0 Å². The van der Waals surface area contributed by atoms with Crippen LogP contribution in [-0.2, 0) is 11.3 Å². The predicted molar refractivity (Wildman–Crippen MR) is 102 cm³/mol. The first-order valence-electron chi connectivity index (χ1n) is 7.38. The van der Waals surface area contributed by atoms with Gasteiger partial charge in [-0.05, 0) is 59.3 Å². The zero-order valence-corrected chi connectivity index (χ0v) is 15.5. The van der Waals surface area contributed by atoms with Crippen LogP contribution in [0, 0.1) is 15.4 Å². The predicted octanol–water partition coefficient (Wildman–Crippen LogP) is 3.85. The number of halogens is 1. The average molecular weight is 430 g/mol. The third kappa shape index (κ3) is 3.15. The fourth-order valence-corrected chi connectivity index (χ4v) is 2.96. The number of rotatable bonds is 3. The molecular formula is C19H15IN2O2. The highest BCUT2D eigenvalue weighted by Crippen LogP contribution is 2.24. The SMILES string of the molecule is CC#Cc1ccc(C(=O)OC)c2c1cnn2Cc1ccc(I)cc1. The molecule has 1 heterocycles. The van der Waals surface area contributed by atoms with E-state index in [1.807, 2.05) is 10.7 Å². The van der Waals surface area contributed by atoms with E-state index in [2.05, 4.69) is 63.8 Å².